The summed E-state index contributed by atoms with van der Waals surface area (Å²) in [6, 6.07) is 4.13. The van der Waals surface area contributed by atoms with Crippen LogP contribution in [0, 0.1) is 0 Å². The van der Waals surface area contributed by atoms with Crippen molar-refractivity contribution in [1.82, 2.24) is 14.8 Å². The van der Waals surface area contributed by atoms with E-state index in [9.17, 15) is 19.5 Å². The molecule has 1 fully saturated rings. The Morgan fingerprint density at radius 1 is 1.38 bits per heavy atom. The first kappa shape index (κ1) is 20.0. The van der Waals surface area contributed by atoms with Crippen LogP contribution in [0.1, 0.15) is 33.6 Å². The number of amides is 2. The van der Waals surface area contributed by atoms with Crippen LogP contribution in [-0.2, 0) is 16.1 Å². The average molecular weight is 365 g/mol. The maximum absolute atomic E-state index is 12.4. The Kier molecular flexibility index (Phi) is 6.42. The lowest BCUT2D eigenvalue weighted by Gasteiger charge is -2.28. The molecule has 0 bridgehead atoms. The largest absolute Gasteiger partial charge is 0.444 e. The number of rotatable bonds is 5. The minimum Gasteiger partial charge on any atom is -0.444 e. The van der Waals surface area contributed by atoms with Crippen molar-refractivity contribution in [2.45, 2.75) is 57.9 Å². The number of pyridine rings is 1. The van der Waals surface area contributed by atoms with Gasteiger partial charge >= 0.3 is 6.09 Å². The number of carbonyl (C=O) groups is 2. The SMILES string of the molecule is CC(C)(C)OC(=O)N1CCCC1C(=O)NCC(O)Cn1ccccc1=O. The Morgan fingerprint density at radius 3 is 2.77 bits per heavy atom. The van der Waals surface area contributed by atoms with Crippen molar-refractivity contribution in [2.24, 2.45) is 0 Å². The van der Waals surface area contributed by atoms with E-state index in [1.165, 1.54) is 15.5 Å². The van der Waals surface area contributed by atoms with E-state index in [0.29, 0.717) is 13.0 Å². The van der Waals surface area contributed by atoms with Crippen LogP contribution in [0.4, 0.5) is 4.79 Å². The quantitative estimate of drug-likeness (QED) is 0.801. The third-order valence-corrected chi connectivity index (χ3v) is 4.00. The molecule has 0 spiro atoms. The van der Waals surface area contributed by atoms with Crippen molar-refractivity contribution in [3.63, 3.8) is 0 Å². The predicted octanol–water partition coefficient (Wildman–Crippen LogP) is 0.725. The monoisotopic (exact) mass is 365 g/mol. The number of hydrogen-bond donors (Lipinski definition) is 2. The van der Waals surface area contributed by atoms with Gasteiger partial charge < -0.3 is 19.7 Å². The van der Waals surface area contributed by atoms with E-state index in [2.05, 4.69) is 5.32 Å². The second kappa shape index (κ2) is 8.35. The van der Waals surface area contributed by atoms with Gasteiger partial charge in [0.15, 0.2) is 0 Å². The molecule has 1 aliphatic rings. The number of hydrogen-bond acceptors (Lipinski definition) is 5. The number of ether oxygens (including phenoxy) is 1. The minimum atomic E-state index is -0.907. The molecule has 2 unspecified atom stereocenters. The van der Waals surface area contributed by atoms with Gasteiger partial charge in [0, 0.05) is 25.4 Å². The number of carbonyl (C=O) groups excluding carboxylic acids is 2. The third kappa shape index (κ3) is 5.59. The van der Waals surface area contributed by atoms with Gasteiger partial charge in [0.25, 0.3) is 5.56 Å². The summed E-state index contributed by atoms with van der Waals surface area (Å²) in [5, 5.41) is 12.7. The summed E-state index contributed by atoms with van der Waals surface area (Å²) < 4.78 is 6.71. The van der Waals surface area contributed by atoms with E-state index in [1.54, 1.807) is 39.1 Å². The molecule has 0 radical (unpaired) electrons. The molecule has 2 heterocycles. The number of aromatic nitrogens is 1. The molecule has 1 aliphatic heterocycles. The van der Waals surface area contributed by atoms with E-state index in [-0.39, 0.29) is 24.6 Å². The summed E-state index contributed by atoms with van der Waals surface area (Å²) in [7, 11) is 0. The number of nitrogens with zero attached hydrogens (tertiary/aromatic N) is 2. The first-order valence-electron chi connectivity index (χ1n) is 8.78. The normalized spacial score (nSPS) is 18.5. The molecule has 144 valence electrons. The van der Waals surface area contributed by atoms with Gasteiger partial charge in [-0.05, 0) is 39.7 Å². The van der Waals surface area contributed by atoms with Crippen molar-refractivity contribution in [3.05, 3.63) is 34.7 Å². The van der Waals surface area contributed by atoms with Crippen LogP contribution >= 0.6 is 0 Å². The van der Waals surface area contributed by atoms with Crippen molar-refractivity contribution >= 4 is 12.0 Å². The Bertz CT molecular complexity index is 695. The Morgan fingerprint density at radius 2 is 2.12 bits per heavy atom. The molecule has 2 atom stereocenters. The number of aliphatic hydroxyl groups excluding tert-OH is 1. The zero-order chi connectivity index (χ0) is 19.3. The lowest BCUT2D eigenvalue weighted by molar-refractivity contribution is -0.126. The number of likely N-dealkylation sites (tertiary alicyclic amines) is 1. The summed E-state index contributed by atoms with van der Waals surface area (Å²) in [5.74, 6) is -0.326. The Labute approximate surface area is 152 Å². The van der Waals surface area contributed by atoms with E-state index < -0.39 is 23.8 Å². The molecule has 1 saturated heterocycles. The first-order valence-corrected chi connectivity index (χ1v) is 8.78. The molecule has 2 amide bonds. The van der Waals surface area contributed by atoms with Gasteiger partial charge in [-0.15, -0.1) is 0 Å². The summed E-state index contributed by atoms with van der Waals surface area (Å²) in [6.07, 6.45) is 1.44. The minimum absolute atomic E-state index is 0.00116. The van der Waals surface area contributed by atoms with Crippen molar-refractivity contribution in [3.8, 4) is 0 Å². The van der Waals surface area contributed by atoms with E-state index in [4.69, 9.17) is 4.74 Å². The third-order valence-electron chi connectivity index (χ3n) is 4.00. The zero-order valence-corrected chi connectivity index (χ0v) is 15.5. The molecule has 1 aromatic rings. The molecule has 2 N–H and O–H groups in total. The average Bonchev–Trinajstić information content (AvgIpc) is 3.03. The molecule has 2 rings (SSSR count). The molecule has 1 aromatic heterocycles. The highest BCUT2D eigenvalue weighted by Gasteiger charge is 2.36. The highest BCUT2D eigenvalue weighted by atomic mass is 16.6. The molecule has 26 heavy (non-hydrogen) atoms. The van der Waals surface area contributed by atoms with Crippen molar-refractivity contribution in [1.29, 1.82) is 0 Å². The highest BCUT2D eigenvalue weighted by molar-refractivity contribution is 5.86. The summed E-state index contributed by atoms with van der Waals surface area (Å²) >= 11 is 0. The van der Waals surface area contributed by atoms with Crippen LogP contribution < -0.4 is 10.9 Å². The van der Waals surface area contributed by atoms with Crippen LogP contribution in [0.2, 0.25) is 0 Å². The maximum Gasteiger partial charge on any atom is 0.410 e. The van der Waals surface area contributed by atoms with E-state index in [1.807, 2.05) is 0 Å². The summed E-state index contributed by atoms with van der Waals surface area (Å²) in [6.45, 7) is 5.88. The van der Waals surface area contributed by atoms with Gasteiger partial charge in [0.2, 0.25) is 5.91 Å². The highest BCUT2D eigenvalue weighted by Crippen LogP contribution is 2.20. The van der Waals surface area contributed by atoms with E-state index in [0.717, 1.165) is 6.42 Å². The van der Waals surface area contributed by atoms with Crippen molar-refractivity contribution < 1.29 is 19.4 Å². The standard InChI is InChI=1S/C18H27N3O5/c1-18(2,3)26-17(25)21-10-6-7-14(21)16(24)19-11-13(22)12-20-9-5-4-8-15(20)23/h4-5,8-9,13-14,22H,6-7,10-12H2,1-3H3,(H,19,24). The van der Waals surface area contributed by atoms with Crippen LogP contribution in [0.15, 0.2) is 29.2 Å². The van der Waals surface area contributed by atoms with Gasteiger partial charge in [0.05, 0.1) is 12.6 Å². The van der Waals surface area contributed by atoms with Gasteiger partial charge in [-0.25, -0.2) is 4.79 Å². The topological polar surface area (TPSA) is 101 Å². The molecule has 0 aliphatic carbocycles. The number of aliphatic hydroxyl groups is 1. The molecular formula is C18H27N3O5. The second-order valence-electron chi connectivity index (χ2n) is 7.42. The van der Waals surface area contributed by atoms with Gasteiger partial charge in [-0.2, -0.15) is 0 Å². The molecule has 8 nitrogen and oxygen atoms in total. The van der Waals surface area contributed by atoms with Crippen molar-refractivity contribution in [2.75, 3.05) is 13.1 Å². The second-order valence-corrected chi connectivity index (χ2v) is 7.42. The van der Waals surface area contributed by atoms with Crippen LogP contribution in [-0.4, -0.2) is 57.4 Å². The van der Waals surface area contributed by atoms with Gasteiger partial charge in [-0.3, -0.25) is 14.5 Å². The van der Waals surface area contributed by atoms with E-state index >= 15 is 0 Å². The molecule has 0 saturated carbocycles. The fourth-order valence-corrected chi connectivity index (χ4v) is 2.82. The zero-order valence-electron chi connectivity index (χ0n) is 15.5. The van der Waals surface area contributed by atoms with Crippen LogP contribution in [0.5, 0.6) is 0 Å². The van der Waals surface area contributed by atoms with Crippen LogP contribution in [0.25, 0.3) is 0 Å². The number of nitrogens with one attached hydrogen (secondary N) is 1. The molecule has 8 heteroatoms. The summed E-state index contributed by atoms with van der Waals surface area (Å²) in [5.41, 5.74) is -0.843. The predicted molar refractivity (Wildman–Crippen MR) is 95.7 cm³/mol. The van der Waals surface area contributed by atoms with Gasteiger partial charge in [0.1, 0.15) is 11.6 Å². The Hall–Kier alpha value is -2.35. The Balaban J connectivity index is 1.87. The lowest BCUT2D eigenvalue weighted by atomic mass is 10.2. The molecule has 0 aromatic carbocycles. The fourth-order valence-electron chi connectivity index (χ4n) is 2.82. The molecular weight excluding hydrogens is 338 g/mol. The summed E-state index contributed by atoms with van der Waals surface area (Å²) in [4.78, 5) is 37.7. The maximum atomic E-state index is 12.4. The fraction of sp³-hybridized carbons (Fsp3) is 0.611. The van der Waals surface area contributed by atoms with Gasteiger partial charge in [-0.1, -0.05) is 6.07 Å². The lowest BCUT2D eigenvalue weighted by Crippen LogP contribution is -2.49. The van der Waals surface area contributed by atoms with Crippen LogP contribution in [0.3, 0.4) is 0 Å². The first-order chi connectivity index (χ1) is 12.2. The smallest absolute Gasteiger partial charge is 0.410 e.